The van der Waals surface area contributed by atoms with E-state index >= 15 is 9.59 Å². The number of H-pyrrole nitrogens is 1. The highest BCUT2D eigenvalue weighted by Gasteiger charge is 2.36. The Hall–Kier alpha value is -7.31. The summed E-state index contributed by atoms with van der Waals surface area (Å²) in [4.78, 5) is 140. The van der Waals surface area contributed by atoms with Crippen LogP contribution in [0.3, 0.4) is 0 Å². The molecule has 0 aliphatic heterocycles. The van der Waals surface area contributed by atoms with Crippen LogP contribution in [0.5, 0.6) is 0 Å². The monoisotopic (exact) mass is 1380 g/mol. The number of amides is 9. The smallest absolute Gasteiger partial charge is 0.243 e. The number of aliphatic imine (C=N–C) groups is 2. The van der Waals surface area contributed by atoms with E-state index in [4.69, 9.17) is 28.7 Å². The van der Waals surface area contributed by atoms with Crippen molar-refractivity contribution in [3.63, 3.8) is 0 Å². The standard InChI is InChI=1S/C73H130N16O9/c1-12-15-16-17-18-19-20-21-22-23-24-25-26-38-62(90)83-56(36-32-43-80-73(77)78)68(94)87-60(44-47(4)5)71(97)85-58(37-31-42-79-64(75)50(9)14-3)69(95)84-57(35-29-30-41-74)70(96)88-61(45-53-46-81-55-34-28-27-33-54(53)55)72(98)86-59(40-39-51(10)48(6)7)67(93)82-52(11)66(92)89-63(65(76)91)49(8)13-2/h27-28,33-34,46-52,56-61,63,81H,12-26,29-32,35-45,74H2,1-11H3,(H2,75,79)(H2,76,91)(H,82,93)(H,83,90)(H,84,95)(H,85,97)(H,86,98)(H,87,94)(H,88,96)(H,89,92)(H4,77,78,80). The molecule has 0 spiro atoms. The molecule has 9 amide bonds. The van der Waals surface area contributed by atoms with Crippen LogP contribution in [-0.4, -0.2) is 138 Å². The first-order chi connectivity index (χ1) is 46.7. The number of amidine groups is 1. The molecular weight excluding hydrogens is 1240 g/mol. The van der Waals surface area contributed by atoms with Crippen LogP contribution in [0.25, 0.3) is 10.9 Å². The first-order valence-electron chi connectivity index (χ1n) is 37.0. The minimum atomic E-state index is -1.34. The van der Waals surface area contributed by atoms with Gasteiger partial charge in [0.25, 0.3) is 0 Å². The van der Waals surface area contributed by atoms with Crippen molar-refractivity contribution in [2.24, 2.45) is 68.2 Å². The van der Waals surface area contributed by atoms with E-state index in [1.54, 1.807) is 13.1 Å². The third kappa shape index (κ3) is 34.9. The average molecular weight is 1380 g/mol. The lowest BCUT2D eigenvalue weighted by molar-refractivity contribution is -0.136. The zero-order valence-electron chi connectivity index (χ0n) is 61.6. The summed E-state index contributed by atoms with van der Waals surface area (Å²) in [7, 11) is 0. The highest BCUT2D eigenvalue weighted by molar-refractivity contribution is 5.98. The Bertz CT molecular complexity index is 2770. The molecule has 11 atom stereocenters. The van der Waals surface area contributed by atoms with Gasteiger partial charge in [0.2, 0.25) is 53.2 Å². The largest absolute Gasteiger partial charge is 0.387 e. The van der Waals surface area contributed by atoms with Crippen molar-refractivity contribution in [1.82, 2.24) is 47.5 Å². The van der Waals surface area contributed by atoms with E-state index in [0.29, 0.717) is 49.9 Å². The second kappa shape index (κ2) is 49.2. The number of carbonyl (C=O) groups is 9. The molecule has 25 nitrogen and oxygen atoms in total. The molecule has 2 rings (SSSR count). The fourth-order valence-electron chi connectivity index (χ4n) is 11.5. The third-order valence-electron chi connectivity index (χ3n) is 18.7. The van der Waals surface area contributed by atoms with Crippen LogP contribution < -0.4 is 71.2 Å². The predicted octanol–water partition coefficient (Wildman–Crippen LogP) is 7.11. The molecule has 0 bridgehead atoms. The van der Waals surface area contributed by atoms with E-state index in [-0.39, 0.29) is 112 Å². The number of aromatic amines is 1. The summed E-state index contributed by atoms with van der Waals surface area (Å²) >= 11 is 0. The van der Waals surface area contributed by atoms with Gasteiger partial charge >= 0.3 is 0 Å². The van der Waals surface area contributed by atoms with E-state index < -0.39 is 95.6 Å². The maximum Gasteiger partial charge on any atom is 0.243 e. The van der Waals surface area contributed by atoms with Crippen molar-refractivity contribution in [3.05, 3.63) is 36.0 Å². The van der Waals surface area contributed by atoms with Crippen molar-refractivity contribution < 1.29 is 43.2 Å². The number of nitrogens with two attached hydrogens (primary N) is 5. The van der Waals surface area contributed by atoms with Crippen molar-refractivity contribution in [1.29, 1.82) is 0 Å². The Morgan fingerprint density at radius 1 is 0.469 bits per heavy atom. The van der Waals surface area contributed by atoms with Crippen LogP contribution >= 0.6 is 0 Å². The van der Waals surface area contributed by atoms with Gasteiger partial charge in [-0.25, -0.2) is 0 Å². The number of guanidine groups is 1. The summed E-state index contributed by atoms with van der Waals surface area (Å²) in [6.45, 7) is 21.9. The summed E-state index contributed by atoms with van der Waals surface area (Å²) in [5.74, 6) is -5.53. The topological polar surface area (TPSA) is 420 Å². The SMILES string of the molecule is CCCCCCCCCCCCCCCC(=O)NC(CCCN=C(N)N)C(=O)NC(CC(C)C)C(=O)NC(CCCN=C(N)C(C)CC)C(=O)NC(CCCCN)C(=O)NC(Cc1c[nH]c2ccccc12)C(=O)NC(CCC(C)C(C)C)C(=O)NC(C)C(=O)NC(C(N)=O)C(C)CC. The number of hydrogen-bond acceptors (Lipinski definition) is 12. The lowest BCUT2D eigenvalue weighted by Gasteiger charge is -2.29. The number of fused-ring (bicyclic) bond motifs is 1. The van der Waals surface area contributed by atoms with Gasteiger partial charge in [-0.05, 0) is 126 Å². The normalized spacial score (nSPS) is 15.1. The van der Waals surface area contributed by atoms with Gasteiger partial charge in [0.15, 0.2) is 5.96 Å². The summed E-state index contributed by atoms with van der Waals surface area (Å²) in [5.41, 5.74) is 30.6. The van der Waals surface area contributed by atoms with E-state index in [9.17, 15) is 33.6 Å². The molecule has 0 saturated heterocycles. The molecule has 0 aliphatic carbocycles. The predicted molar refractivity (Wildman–Crippen MR) is 393 cm³/mol. The highest BCUT2D eigenvalue weighted by Crippen LogP contribution is 2.22. The van der Waals surface area contributed by atoms with Crippen molar-refractivity contribution in [2.45, 2.75) is 298 Å². The van der Waals surface area contributed by atoms with E-state index in [0.717, 1.165) is 36.6 Å². The number of nitrogens with one attached hydrogen (secondary N) is 9. The van der Waals surface area contributed by atoms with E-state index in [1.165, 1.54) is 64.7 Å². The molecule has 2 aromatic rings. The molecule has 25 heteroatoms. The Labute approximate surface area is 585 Å². The fourth-order valence-corrected chi connectivity index (χ4v) is 11.5. The number of para-hydroxylation sites is 1. The molecule has 1 aromatic carbocycles. The lowest BCUT2D eigenvalue weighted by Crippen LogP contribution is -2.60. The highest BCUT2D eigenvalue weighted by atomic mass is 16.2. The average Bonchev–Trinajstić information content (AvgIpc) is 1.64. The van der Waals surface area contributed by atoms with Gasteiger partial charge in [-0.15, -0.1) is 0 Å². The molecule has 19 N–H and O–H groups in total. The molecule has 556 valence electrons. The van der Waals surface area contributed by atoms with E-state index in [1.807, 2.05) is 65.8 Å². The van der Waals surface area contributed by atoms with Gasteiger partial charge in [0.1, 0.15) is 48.3 Å². The number of carbonyl (C=O) groups excluding carboxylic acids is 9. The Kier molecular flexibility index (Phi) is 43.6. The van der Waals surface area contributed by atoms with Crippen molar-refractivity contribution >= 4 is 75.9 Å². The number of unbranched alkanes of at least 4 members (excludes halogenated alkanes) is 13. The number of hydrogen-bond donors (Lipinski definition) is 14. The molecular formula is C73H130N16O9. The number of rotatable bonds is 54. The summed E-state index contributed by atoms with van der Waals surface area (Å²) in [6.07, 6.45) is 20.8. The summed E-state index contributed by atoms with van der Waals surface area (Å²) in [6, 6.07) is -2.01. The summed E-state index contributed by atoms with van der Waals surface area (Å²) in [5, 5.41) is 23.6. The number of nitrogens with zero attached hydrogens (tertiary/aromatic N) is 2. The molecule has 98 heavy (non-hydrogen) atoms. The Morgan fingerprint density at radius 2 is 0.949 bits per heavy atom. The molecule has 1 heterocycles. The zero-order chi connectivity index (χ0) is 73.1. The van der Waals surface area contributed by atoms with Crippen LogP contribution in [0.2, 0.25) is 0 Å². The van der Waals surface area contributed by atoms with Crippen molar-refractivity contribution in [3.8, 4) is 0 Å². The number of aromatic nitrogens is 1. The van der Waals surface area contributed by atoms with Gasteiger partial charge < -0.3 is 76.2 Å². The first kappa shape index (κ1) is 86.8. The quantitative estimate of drug-likeness (QED) is 0.0179. The molecule has 0 saturated carbocycles. The molecule has 1 aromatic heterocycles. The minimum Gasteiger partial charge on any atom is -0.387 e. The van der Waals surface area contributed by atoms with Gasteiger partial charge in [-0.3, -0.25) is 53.1 Å². The van der Waals surface area contributed by atoms with Crippen LogP contribution in [0.4, 0.5) is 0 Å². The minimum absolute atomic E-state index is 0.00000959. The van der Waals surface area contributed by atoms with Gasteiger partial charge in [-0.2, -0.15) is 0 Å². The Balaban J connectivity index is 2.57. The van der Waals surface area contributed by atoms with Crippen molar-refractivity contribution in [2.75, 3.05) is 19.6 Å². The molecule has 0 fully saturated rings. The third-order valence-corrected chi connectivity index (χ3v) is 18.7. The van der Waals surface area contributed by atoms with E-state index in [2.05, 4.69) is 78.3 Å². The van der Waals surface area contributed by atoms with Crippen LogP contribution in [0, 0.1) is 29.6 Å². The fraction of sp³-hybridized carbons (Fsp3) is 0.740. The zero-order valence-corrected chi connectivity index (χ0v) is 61.6. The first-order valence-corrected chi connectivity index (χ1v) is 37.0. The van der Waals surface area contributed by atoms with Crippen LogP contribution in [0.15, 0.2) is 40.4 Å². The Morgan fingerprint density at radius 3 is 1.47 bits per heavy atom. The summed E-state index contributed by atoms with van der Waals surface area (Å²) < 4.78 is 0. The van der Waals surface area contributed by atoms with Gasteiger partial charge in [0.05, 0.1) is 5.84 Å². The maximum absolute atomic E-state index is 15.1. The molecule has 11 unspecified atom stereocenters. The molecule has 0 radical (unpaired) electrons. The lowest BCUT2D eigenvalue weighted by atomic mass is 9.91. The van der Waals surface area contributed by atoms with Crippen LogP contribution in [0.1, 0.15) is 249 Å². The second-order valence-electron chi connectivity index (χ2n) is 27.9. The van der Waals surface area contributed by atoms with Gasteiger partial charge in [0, 0.05) is 48.9 Å². The van der Waals surface area contributed by atoms with Crippen LogP contribution in [-0.2, 0) is 49.6 Å². The number of primary amides is 1. The molecule has 0 aliphatic rings. The second-order valence-corrected chi connectivity index (χ2v) is 27.9. The van der Waals surface area contributed by atoms with Gasteiger partial charge in [-0.1, -0.05) is 171 Å². The number of benzene rings is 1. The maximum atomic E-state index is 15.1.